The van der Waals surface area contributed by atoms with Crippen molar-refractivity contribution in [3.63, 3.8) is 0 Å². The second-order valence-electron chi connectivity index (χ2n) is 3.96. The molecule has 0 radical (unpaired) electrons. The molecule has 0 amide bonds. The Bertz CT molecular complexity index is 98.3. The molecule has 0 aromatic heterocycles. The first-order valence-corrected chi connectivity index (χ1v) is 5.33. The van der Waals surface area contributed by atoms with Gasteiger partial charge < -0.3 is 16.4 Å². The number of rotatable bonds is 8. The highest BCUT2D eigenvalue weighted by Crippen LogP contribution is 2.04. The Balaban J connectivity index is 3.44. The first-order valence-electron chi connectivity index (χ1n) is 5.33. The minimum absolute atomic E-state index is 0.738. The molecule has 0 aliphatic heterocycles. The lowest BCUT2D eigenvalue weighted by molar-refractivity contribution is 0.277. The number of nitrogens with two attached hydrogens (primary N) is 2. The Hall–Kier alpha value is -0.120. The summed E-state index contributed by atoms with van der Waals surface area (Å²) in [6.07, 6.45) is 2.56. The Kier molecular flexibility index (Phi) is 8.40. The van der Waals surface area contributed by atoms with Crippen LogP contribution in [0.25, 0.3) is 0 Å². The normalized spacial score (nSPS) is 11.5. The highest BCUT2D eigenvalue weighted by molar-refractivity contribution is 4.59. The van der Waals surface area contributed by atoms with Crippen LogP contribution in [-0.4, -0.2) is 37.6 Å². The summed E-state index contributed by atoms with van der Waals surface area (Å²) in [6.45, 7) is 9.10. The quantitative estimate of drug-likeness (QED) is 0.586. The van der Waals surface area contributed by atoms with E-state index in [0.717, 1.165) is 38.6 Å². The molecule has 4 N–H and O–H groups in total. The van der Waals surface area contributed by atoms with Crippen LogP contribution in [0.15, 0.2) is 0 Å². The van der Waals surface area contributed by atoms with Crippen molar-refractivity contribution in [2.75, 3.05) is 32.7 Å². The van der Waals surface area contributed by atoms with Gasteiger partial charge in [-0.05, 0) is 25.3 Å². The van der Waals surface area contributed by atoms with Crippen molar-refractivity contribution in [3.05, 3.63) is 0 Å². The molecule has 0 aliphatic carbocycles. The molecule has 0 heterocycles. The van der Waals surface area contributed by atoms with Crippen molar-refractivity contribution in [2.45, 2.75) is 26.7 Å². The van der Waals surface area contributed by atoms with Crippen molar-refractivity contribution in [1.29, 1.82) is 0 Å². The van der Waals surface area contributed by atoms with E-state index in [1.807, 2.05) is 0 Å². The van der Waals surface area contributed by atoms with Crippen LogP contribution in [0.3, 0.4) is 0 Å². The molecule has 0 saturated heterocycles. The Labute approximate surface area is 82.5 Å². The predicted octanol–water partition coefficient (Wildman–Crippen LogP) is 0.642. The molecule has 0 saturated carbocycles. The number of hydrogen-bond acceptors (Lipinski definition) is 3. The zero-order valence-corrected chi connectivity index (χ0v) is 9.13. The maximum absolute atomic E-state index is 5.51. The van der Waals surface area contributed by atoms with Crippen LogP contribution >= 0.6 is 0 Å². The maximum atomic E-state index is 5.51. The minimum Gasteiger partial charge on any atom is -0.329 e. The van der Waals surface area contributed by atoms with Gasteiger partial charge in [-0.1, -0.05) is 13.8 Å². The maximum Gasteiger partial charge on any atom is 0.0105 e. The van der Waals surface area contributed by atoms with Gasteiger partial charge in [0, 0.05) is 26.2 Å². The van der Waals surface area contributed by atoms with Crippen LogP contribution in [-0.2, 0) is 0 Å². The van der Waals surface area contributed by atoms with E-state index >= 15 is 0 Å². The molecule has 0 unspecified atom stereocenters. The summed E-state index contributed by atoms with van der Waals surface area (Å²) in [6, 6.07) is 0. The highest BCUT2D eigenvalue weighted by atomic mass is 15.1. The van der Waals surface area contributed by atoms with Gasteiger partial charge in [0.1, 0.15) is 0 Å². The summed E-state index contributed by atoms with van der Waals surface area (Å²) in [5.74, 6) is 0.803. The molecule has 80 valence electrons. The first kappa shape index (κ1) is 12.9. The average molecular weight is 187 g/mol. The molecule has 3 nitrogen and oxygen atoms in total. The Morgan fingerprint density at radius 1 is 1.00 bits per heavy atom. The molecule has 0 aliphatic rings. The van der Waals surface area contributed by atoms with Crippen LogP contribution in [0.1, 0.15) is 26.7 Å². The molecule has 0 bridgehead atoms. The topological polar surface area (TPSA) is 55.3 Å². The van der Waals surface area contributed by atoms with E-state index in [9.17, 15) is 0 Å². The summed E-state index contributed by atoms with van der Waals surface area (Å²) in [5, 5.41) is 0. The van der Waals surface area contributed by atoms with Crippen molar-refractivity contribution in [1.82, 2.24) is 4.90 Å². The van der Waals surface area contributed by atoms with Gasteiger partial charge in [0.2, 0.25) is 0 Å². The van der Waals surface area contributed by atoms with Gasteiger partial charge in [0.05, 0.1) is 0 Å². The van der Waals surface area contributed by atoms with Crippen LogP contribution in [0.5, 0.6) is 0 Å². The van der Waals surface area contributed by atoms with Crippen molar-refractivity contribution in [2.24, 2.45) is 17.4 Å². The summed E-state index contributed by atoms with van der Waals surface area (Å²) >= 11 is 0. The lowest BCUT2D eigenvalue weighted by Gasteiger charge is -2.20. The van der Waals surface area contributed by atoms with E-state index in [1.165, 1.54) is 12.8 Å². The standard InChI is InChI=1S/C10H25N3/c1-10(2)4-3-7-13(8-5-11)9-6-12/h10H,3-9,11-12H2,1-2H3. The highest BCUT2D eigenvalue weighted by Gasteiger charge is 2.02. The largest absolute Gasteiger partial charge is 0.329 e. The fourth-order valence-corrected chi connectivity index (χ4v) is 1.42. The van der Waals surface area contributed by atoms with Gasteiger partial charge in [-0.2, -0.15) is 0 Å². The van der Waals surface area contributed by atoms with Gasteiger partial charge >= 0.3 is 0 Å². The van der Waals surface area contributed by atoms with E-state index in [2.05, 4.69) is 18.7 Å². The van der Waals surface area contributed by atoms with E-state index in [4.69, 9.17) is 11.5 Å². The van der Waals surface area contributed by atoms with Crippen molar-refractivity contribution >= 4 is 0 Å². The second-order valence-corrected chi connectivity index (χ2v) is 3.96. The van der Waals surface area contributed by atoms with Gasteiger partial charge in [0.15, 0.2) is 0 Å². The Morgan fingerprint density at radius 3 is 1.92 bits per heavy atom. The zero-order valence-electron chi connectivity index (χ0n) is 9.13. The van der Waals surface area contributed by atoms with Crippen LogP contribution in [0.4, 0.5) is 0 Å². The molecule has 0 aromatic rings. The zero-order chi connectivity index (χ0) is 10.1. The summed E-state index contributed by atoms with van der Waals surface area (Å²) < 4.78 is 0. The molecule has 0 spiro atoms. The Morgan fingerprint density at radius 2 is 1.54 bits per heavy atom. The third-order valence-corrected chi connectivity index (χ3v) is 2.15. The second kappa shape index (κ2) is 8.48. The molecule has 0 fully saturated rings. The third kappa shape index (κ3) is 8.22. The average Bonchev–Trinajstić information content (AvgIpc) is 2.04. The van der Waals surface area contributed by atoms with Crippen LogP contribution in [0, 0.1) is 5.92 Å². The molecule has 13 heavy (non-hydrogen) atoms. The lowest BCUT2D eigenvalue weighted by atomic mass is 10.1. The van der Waals surface area contributed by atoms with E-state index < -0.39 is 0 Å². The predicted molar refractivity (Wildman–Crippen MR) is 58.6 cm³/mol. The molecule has 3 heteroatoms. The first-order chi connectivity index (χ1) is 6.20. The molecular weight excluding hydrogens is 162 g/mol. The van der Waals surface area contributed by atoms with E-state index in [0.29, 0.717) is 0 Å². The molecular formula is C10H25N3. The van der Waals surface area contributed by atoms with Gasteiger partial charge in [-0.25, -0.2) is 0 Å². The fourth-order valence-electron chi connectivity index (χ4n) is 1.42. The summed E-state index contributed by atoms with van der Waals surface area (Å²) in [7, 11) is 0. The number of nitrogens with zero attached hydrogens (tertiary/aromatic N) is 1. The van der Waals surface area contributed by atoms with Crippen LogP contribution in [0.2, 0.25) is 0 Å². The van der Waals surface area contributed by atoms with Crippen LogP contribution < -0.4 is 11.5 Å². The van der Waals surface area contributed by atoms with E-state index in [1.54, 1.807) is 0 Å². The monoisotopic (exact) mass is 187 g/mol. The van der Waals surface area contributed by atoms with Gasteiger partial charge in [-0.15, -0.1) is 0 Å². The fraction of sp³-hybridized carbons (Fsp3) is 1.00. The molecule has 0 atom stereocenters. The van der Waals surface area contributed by atoms with Crippen molar-refractivity contribution in [3.8, 4) is 0 Å². The van der Waals surface area contributed by atoms with E-state index in [-0.39, 0.29) is 0 Å². The van der Waals surface area contributed by atoms with Gasteiger partial charge in [0.25, 0.3) is 0 Å². The summed E-state index contributed by atoms with van der Waals surface area (Å²) in [4.78, 5) is 2.35. The summed E-state index contributed by atoms with van der Waals surface area (Å²) in [5.41, 5.74) is 11.0. The van der Waals surface area contributed by atoms with Crippen molar-refractivity contribution < 1.29 is 0 Å². The number of hydrogen-bond donors (Lipinski definition) is 2. The SMILES string of the molecule is CC(C)CCCN(CCN)CCN. The van der Waals surface area contributed by atoms with Gasteiger partial charge in [-0.3, -0.25) is 0 Å². The molecule has 0 rings (SSSR count). The smallest absolute Gasteiger partial charge is 0.0105 e. The molecule has 0 aromatic carbocycles. The minimum atomic E-state index is 0.738. The lowest BCUT2D eigenvalue weighted by Crippen LogP contribution is -2.34. The third-order valence-electron chi connectivity index (χ3n) is 2.15.